The number of benzene rings is 2. The van der Waals surface area contributed by atoms with Crippen LogP contribution in [0.1, 0.15) is 23.5 Å². The third-order valence-electron chi connectivity index (χ3n) is 4.15. The fraction of sp³-hybridized carbons (Fsp3) is 0.222. The van der Waals surface area contributed by atoms with Crippen LogP contribution in [0.5, 0.6) is 0 Å². The highest BCUT2D eigenvalue weighted by Crippen LogP contribution is 2.35. The highest BCUT2D eigenvalue weighted by molar-refractivity contribution is 6.02. The number of anilines is 1. The fourth-order valence-electron chi connectivity index (χ4n) is 2.82. The third-order valence-corrected chi connectivity index (χ3v) is 4.15. The summed E-state index contributed by atoms with van der Waals surface area (Å²) in [5.74, 6) is -1.26. The molecule has 0 aromatic heterocycles. The summed E-state index contributed by atoms with van der Waals surface area (Å²) in [6.45, 7) is 0.105. The molecule has 1 aliphatic heterocycles. The molecule has 4 nitrogen and oxygen atoms in total. The van der Waals surface area contributed by atoms with Gasteiger partial charge < -0.3 is 10.2 Å². The van der Waals surface area contributed by atoms with Crippen LogP contribution in [0.25, 0.3) is 0 Å². The van der Waals surface area contributed by atoms with Gasteiger partial charge in [0, 0.05) is 31.3 Å². The monoisotopic (exact) mass is 312 g/mol. The number of fused-ring (bicyclic) bond motifs is 1. The first kappa shape index (κ1) is 15.2. The van der Waals surface area contributed by atoms with E-state index in [1.165, 1.54) is 6.07 Å². The summed E-state index contributed by atoms with van der Waals surface area (Å²) in [6, 6.07) is 13.7. The van der Waals surface area contributed by atoms with Gasteiger partial charge in [-0.2, -0.15) is 0 Å². The molecule has 0 radical (unpaired) electrons. The zero-order chi connectivity index (χ0) is 16.4. The van der Waals surface area contributed by atoms with Crippen molar-refractivity contribution in [2.75, 3.05) is 11.9 Å². The molecule has 1 aliphatic rings. The molecule has 0 bridgehead atoms. The van der Waals surface area contributed by atoms with Crippen molar-refractivity contribution >= 4 is 17.5 Å². The van der Waals surface area contributed by atoms with Crippen LogP contribution >= 0.6 is 0 Å². The largest absolute Gasteiger partial charge is 0.351 e. The Balaban J connectivity index is 1.79. The molecule has 3 rings (SSSR count). The number of nitrogens with zero attached hydrogens (tertiary/aromatic N) is 1. The maximum atomic E-state index is 13.6. The van der Waals surface area contributed by atoms with Gasteiger partial charge in [0.1, 0.15) is 5.82 Å². The Bertz CT molecular complexity index is 760. The van der Waals surface area contributed by atoms with Crippen LogP contribution in [0.2, 0.25) is 0 Å². The van der Waals surface area contributed by atoms with Crippen molar-refractivity contribution in [1.82, 2.24) is 5.32 Å². The smallest absolute Gasteiger partial charge is 0.228 e. The first-order valence-electron chi connectivity index (χ1n) is 7.44. The second-order valence-electron chi connectivity index (χ2n) is 5.58. The van der Waals surface area contributed by atoms with Crippen LogP contribution in [0.4, 0.5) is 10.1 Å². The van der Waals surface area contributed by atoms with Gasteiger partial charge in [0.25, 0.3) is 0 Å². The van der Waals surface area contributed by atoms with Crippen molar-refractivity contribution in [3.05, 3.63) is 65.5 Å². The molecule has 1 atom stereocenters. The van der Waals surface area contributed by atoms with Gasteiger partial charge in [-0.1, -0.05) is 36.4 Å². The van der Waals surface area contributed by atoms with Crippen molar-refractivity contribution in [2.24, 2.45) is 0 Å². The zero-order valence-corrected chi connectivity index (χ0v) is 12.8. The van der Waals surface area contributed by atoms with Crippen LogP contribution in [0.3, 0.4) is 0 Å². The number of para-hydroxylation sites is 1. The average Bonchev–Trinajstić information content (AvgIpc) is 2.57. The van der Waals surface area contributed by atoms with E-state index in [9.17, 15) is 14.0 Å². The summed E-state index contributed by atoms with van der Waals surface area (Å²) in [7, 11) is 1.70. The quantitative estimate of drug-likeness (QED) is 0.947. The predicted octanol–water partition coefficient (Wildman–Crippen LogP) is 2.59. The van der Waals surface area contributed by atoms with Gasteiger partial charge in [-0.15, -0.1) is 0 Å². The first-order valence-corrected chi connectivity index (χ1v) is 7.44. The minimum absolute atomic E-state index is 0.102. The fourth-order valence-corrected chi connectivity index (χ4v) is 2.82. The lowest BCUT2D eigenvalue weighted by molar-refractivity contribution is -0.127. The molecule has 2 amide bonds. The minimum atomic E-state index is -0.540. The second-order valence-corrected chi connectivity index (χ2v) is 5.58. The molecule has 118 valence electrons. The lowest BCUT2D eigenvalue weighted by Crippen LogP contribution is -2.39. The van der Waals surface area contributed by atoms with Gasteiger partial charge in [-0.25, -0.2) is 4.39 Å². The molecule has 23 heavy (non-hydrogen) atoms. The van der Waals surface area contributed by atoms with E-state index >= 15 is 0 Å². The molecule has 2 aromatic rings. The SMILES string of the molecule is CN1C(=O)CC(C(=O)NCc2ccccc2F)c2ccccc21. The van der Waals surface area contributed by atoms with E-state index in [-0.39, 0.29) is 30.6 Å². The van der Waals surface area contributed by atoms with E-state index in [1.54, 1.807) is 30.1 Å². The molecular formula is C18H17FN2O2. The van der Waals surface area contributed by atoms with E-state index in [1.807, 2.05) is 24.3 Å². The van der Waals surface area contributed by atoms with Crippen molar-refractivity contribution < 1.29 is 14.0 Å². The summed E-state index contributed by atoms with van der Waals surface area (Å²) in [5, 5.41) is 2.74. The molecule has 0 spiro atoms. The standard InChI is InChI=1S/C18H17FN2O2/c1-21-16-9-5-3-7-13(16)14(10-17(21)22)18(23)20-11-12-6-2-4-8-15(12)19/h2-9,14H,10-11H2,1H3,(H,20,23). The normalized spacial score (nSPS) is 16.9. The van der Waals surface area contributed by atoms with E-state index in [0.717, 1.165) is 11.3 Å². The molecule has 2 aromatic carbocycles. The molecule has 1 unspecified atom stereocenters. The zero-order valence-electron chi connectivity index (χ0n) is 12.8. The molecule has 0 saturated heterocycles. The molecule has 1 N–H and O–H groups in total. The molecule has 0 saturated carbocycles. The maximum absolute atomic E-state index is 13.6. The summed E-state index contributed by atoms with van der Waals surface area (Å²) in [4.78, 5) is 26.1. The Kier molecular flexibility index (Phi) is 4.10. The predicted molar refractivity (Wildman–Crippen MR) is 85.5 cm³/mol. The highest BCUT2D eigenvalue weighted by atomic mass is 19.1. The second kappa shape index (κ2) is 6.20. The van der Waals surface area contributed by atoms with Crippen molar-refractivity contribution in [3.8, 4) is 0 Å². The van der Waals surface area contributed by atoms with E-state index in [2.05, 4.69) is 5.32 Å². The Morgan fingerprint density at radius 1 is 1.22 bits per heavy atom. The van der Waals surface area contributed by atoms with Crippen LogP contribution in [0.15, 0.2) is 48.5 Å². The van der Waals surface area contributed by atoms with Gasteiger partial charge in [0.05, 0.1) is 5.92 Å². The Morgan fingerprint density at radius 3 is 2.70 bits per heavy atom. The Morgan fingerprint density at radius 2 is 1.91 bits per heavy atom. The Labute approximate surface area is 133 Å². The lowest BCUT2D eigenvalue weighted by atomic mass is 9.89. The number of hydrogen-bond acceptors (Lipinski definition) is 2. The van der Waals surface area contributed by atoms with Gasteiger partial charge >= 0.3 is 0 Å². The third kappa shape index (κ3) is 2.95. The highest BCUT2D eigenvalue weighted by Gasteiger charge is 2.33. The molecule has 0 aliphatic carbocycles. The summed E-state index contributed by atoms with van der Waals surface area (Å²) in [6.07, 6.45) is 0.122. The van der Waals surface area contributed by atoms with Gasteiger partial charge in [-0.05, 0) is 17.7 Å². The van der Waals surface area contributed by atoms with Crippen LogP contribution in [-0.4, -0.2) is 18.9 Å². The molecule has 5 heteroatoms. The van der Waals surface area contributed by atoms with E-state index < -0.39 is 5.92 Å². The average molecular weight is 312 g/mol. The van der Waals surface area contributed by atoms with Crippen LogP contribution in [0, 0.1) is 5.82 Å². The number of carbonyl (C=O) groups excluding carboxylic acids is 2. The Hall–Kier alpha value is -2.69. The van der Waals surface area contributed by atoms with Crippen molar-refractivity contribution in [1.29, 1.82) is 0 Å². The van der Waals surface area contributed by atoms with Crippen molar-refractivity contribution in [2.45, 2.75) is 18.9 Å². The number of nitrogens with one attached hydrogen (secondary N) is 1. The summed E-state index contributed by atoms with van der Waals surface area (Å²) < 4.78 is 13.6. The maximum Gasteiger partial charge on any atom is 0.228 e. The minimum Gasteiger partial charge on any atom is -0.351 e. The molecule has 1 heterocycles. The van der Waals surface area contributed by atoms with Crippen LogP contribution in [-0.2, 0) is 16.1 Å². The van der Waals surface area contributed by atoms with E-state index in [4.69, 9.17) is 0 Å². The van der Waals surface area contributed by atoms with Gasteiger partial charge in [0.2, 0.25) is 11.8 Å². The molecular weight excluding hydrogens is 295 g/mol. The topological polar surface area (TPSA) is 49.4 Å². The molecule has 0 fully saturated rings. The number of rotatable bonds is 3. The van der Waals surface area contributed by atoms with E-state index in [0.29, 0.717) is 5.56 Å². The van der Waals surface area contributed by atoms with Crippen LogP contribution < -0.4 is 10.2 Å². The summed E-state index contributed by atoms with van der Waals surface area (Å²) in [5.41, 5.74) is 1.99. The number of halogens is 1. The lowest BCUT2D eigenvalue weighted by Gasteiger charge is -2.30. The van der Waals surface area contributed by atoms with Gasteiger partial charge in [-0.3, -0.25) is 9.59 Å². The summed E-state index contributed by atoms with van der Waals surface area (Å²) >= 11 is 0. The van der Waals surface area contributed by atoms with Crippen molar-refractivity contribution in [3.63, 3.8) is 0 Å². The number of hydrogen-bond donors (Lipinski definition) is 1. The number of carbonyl (C=O) groups is 2. The first-order chi connectivity index (χ1) is 11.1. The van der Waals surface area contributed by atoms with Gasteiger partial charge in [0.15, 0.2) is 0 Å². The number of amides is 2.